The molecular weight excluding hydrogens is 551 g/mol. The summed E-state index contributed by atoms with van der Waals surface area (Å²) in [5.41, 5.74) is 4.43. The summed E-state index contributed by atoms with van der Waals surface area (Å²) in [5, 5.41) is 5.34. The molecule has 0 N–H and O–H groups in total. The average molecular weight is 575 g/mol. The molecular formula is C31H24Cl2N2O5. The van der Waals surface area contributed by atoms with E-state index in [0.29, 0.717) is 44.2 Å². The van der Waals surface area contributed by atoms with Gasteiger partial charge in [0, 0.05) is 17.2 Å². The van der Waals surface area contributed by atoms with E-state index < -0.39 is 11.4 Å². The van der Waals surface area contributed by atoms with Gasteiger partial charge in [0.05, 0.1) is 39.4 Å². The van der Waals surface area contributed by atoms with Crippen molar-refractivity contribution < 1.29 is 23.6 Å². The van der Waals surface area contributed by atoms with Gasteiger partial charge in [0.1, 0.15) is 23.8 Å². The van der Waals surface area contributed by atoms with Gasteiger partial charge in [-0.05, 0) is 85.8 Å². The molecule has 2 heterocycles. The summed E-state index contributed by atoms with van der Waals surface area (Å²) < 4.78 is 16.9. The molecule has 0 bridgehead atoms. The van der Waals surface area contributed by atoms with Crippen LogP contribution in [0, 0.1) is 0 Å². The lowest BCUT2D eigenvalue weighted by atomic mass is 9.98. The summed E-state index contributed by atoms with van der Waals surface area (Å²) >= 11 is 13.0. The Morgan fingerprint density at radius 1 is 1.07 bits per heavy atom. The third-order valence-electron chi connectivity index (χ3n) is 7.98. The third kappa shape index (κ3) is 3.99. The van der Waals surface area contributed by atoms with Crippen molar-refractivity contribution >= 4 is 46.5 Å². The monoisotopic (exact) mass is 574 g/mol. The van der Waals surface area contributed by atoms with Crippen LogP contribution in [0.15, 0.2) is 65.2 Å². The molecule has 1 spiro atoms. The molecule has 7 rings (SSSR count). The van der Waals surface area contributed by atoms with Crippen LogP contribution < -0.4 is 9.64 Å². The number of nitrogens with zero attached hydrogens (tertiary/aromatic N) is 2. The van der Waals surface area contributed by atoms with Gasteiger partial charge < -0.3 is 14.0 Å². The first-order valence-corrected chi connectivity index (χ1v) is 13.9. The Morgan fingerprint density at radius 3 is 2.45 bits per heavy atom. The van der Waals surface area contributed by atoms with Crippen molar-refractivity contribution in [3.05, 3.63) is 93.2 Å². The van der Waals surface area contributed by atoms with Gasteiger partial charge in [-0.3, -0.25) is 9.69 Å². The second kappa shape index (κ2) is 9.39. The van der Waals surface area contributed by atoms with Gasteiger partial charge in [0.15, 0.2) is 0 Å². The molecule has 0 unspecified atom stereocenters. The van der Waals surface area contributed by atoms with Crippen LogP contribution in [-0.2, 0) is 21.6 Å². The summed E-state index contributed by atoms with van der Waals surface area (Å²) in [7, 11) is 1.34. The van der Waals surface area contributed by atoms with E-state index in [-0.39, 0.29) is 12.5 Å². The zero-order valence-electron chi connectivity index (χ0n) is 21.6. The lowest BCUT2D eigenvalue weighted by Gasteiger charge is -2.18. The van der Waals surface area contributed by atoms with Crippen molar-refractivity contribution in [3.8, 4) is 17.0 Å². The summed E-state index contributed by atoms with van der Waals surface area (Å²) in [5.74, 6) is 1.39. The Hall–Kier alpha value is -3.81. The number of methoxy groups -OCH3 is 1. The van der Waals surface area contributed by atoms with Gasteiger partial charge in [-0.15, -0.1) is 0 Å². The molecule has 4 aromatic rings. The number of aromatic nitrogens is 1. The number of fused-ring (bicyclic) bond motifs is 2. The van der Waals surface area contributed by atoms with Gasteiger partial charge in [0.2, 0.25) is 5.91 Å². The first-order valence-electron chi connectivity index (χ1n) is 13.1. The van der Waals surface area contributed by atoms with Gasteiger partial charge in [0.25, 0.3) is 0 Å². The van der Waals surface area contributed by atoms with E-state index in [1.807, 2.05) is 18.2 Å². The Kier molecular flexibility index (Phi) is 5.91. The number of amides is 1. The Bertz CT molecular complexity index is 1650. The van der Waals surface area contributed by atoms with Gasteiger partial charge in [-0.2, -0.15) is 0 Å². The van der Waals surface area contributed by atoms with Crippen molar-refractivity contribution in [3.63, 3.8) is 0 Å². The number of hydrogen-bond donors (Lipinski definition) is 0. The quantitative estimate of drug-likeness (QED) is 0.211. The molecule has 3 aromatic carbocycles. The fourth-order valence-corrected chi connectivity index (χ4v) is 6.13. The molecule has 1 aliphatic heterocycles. The number of carbonyl (C=O) groups excluding carboxylic acids is 2. The predicted octanol–water partition coefficient (Wildman–Crippen LogP) is 7.60. The maximum Gasteiger partial charge on any atom is 0.337 e. The van der Waals surface area contributed by atoms with Crippen LogP contribution in [0.5, 0.6) is 5.75 Å². The second-order valence-corrected chi connectivity index (χ2v) is 11.3. The smallest absolute Gasteiger partial charge is 0.337 e. The lowest BCUT2D eigenvalue weighted by molar-refractivity contribution is -0.119. The minimum absolute atomic E-state index is 0.0381. The largest absolute Gasteiger partial charge is 0.489 e. The zero-order valence-corrected chi connectivity index (χ0v) is 23.1. The lowest BCUT2D eigenvalue weighted by Crippen LogP contribution is -2.27. The maximum absolute atomic E-state index is 13.6. The number of benzene rings is 3. The van der Waals surface area contributed by atoms with Crippen LogP contribution in [0.25, 0.3) is 11.3 Å². The first kappa shape index (κ1) is 25.2. The van der Waals surface area contributed by atoms with Gasteiger partial charge in [-0.1, -0.05) is 34.4 Å². The third-order valence-corrected chi connectivity index (χ3v) is 8.61. The zero-order chi connectivity index (χ0) is 27.6. The first-order chi connectivity index (χ1) is 19.4. The van der Waals surface area contributed by atoms with E-state index in [4.69, 9.17) is 37.2 Å². The van der Waals surface area contributed by atoms with Crippen molar-refractivity contribution in [2.75, 3.05) is 12.0 Å². The Balaban J connectivity index is 1.20. The number of esters is 1. The van der Waals surface area contributed by atoms with Gasteiger partial charge in [-0.25, -0.2) is 4.79 Å². The van der Waals surface area contributed by atoms with E-state index in [1.165, 1.54) is 7.11 Å². The standard InChI is InChI=1S/C31H24Cl2N2O5/c1-38-29(36)18-7-9-19(10-8-18)35-25-12-11-20(15-22(25)31(13-14-31)30(35)37)39-16-21-27(34-40-28(21)17-5-6-17)26-23(32)3-2-4-24(26)33/h2-4,7-12,15,17H,5-6,13-14,16H2,1H3. The van der Waals surface area contributed by atoms with Crippen LogP contribution >= 0.6 is 23.2 Å². The van der Waals surface area contributed by atoms with E-state index in [9.17, 15) is 9.59 Å². The number of halogens is 2. The van der Waals surface area contributed by atoms with Crippen LogP contribution in [-0.4, -0.2) is 24.1 Å². The highest BCUT2D eigenvalue weighted by atomic mass is 35.5. The molecule has 0 radical (unpaired) electrons. The number of ether oxygens (including phenoxy) is 2. The highest BCUT2D eigenvalue weighted by Gasteiger charge is 2.59. The molecule has 7 nitrogen and oxygen atoms in total. The van der Waals surface area contributed by atoms with Crippen LogP contribution in [0.4, 0.5) is 11.4 Å². The van der Waals surface area contributed by atoms with Crippen LogP contribution in [0.3, 0.4) is 0 Å². The Morgan fingerprint density at radius 2 is 1.80 bits per heavy atom. The molecule has 1 amide bonds. The molecule has 0 atom stereocenters. The van der Waals surface area contributed by atoms with Crippen LogP contribution in [0.1, 0.15) is 58.8 Å². The maximum atomic E-state index is 13.6. The highest BCUT2D eigenvalue weighted by molar-refractivity contribution is 6.39. The number of hydrogen-bond acceptors (Lipinski definition) is 6. The van der Waals surface area contributed by atoms with Crippen molar-refractivity contribution in [2.45, 2.75) is 43.6 Å². The molecule has 2 aliphatic carbocycles. The summed E-state index contributed by atoms with van der Waals surface area (Å²) in [4.78, 5) is 27.2. The van der Waals surface area contributed by atoms with Crippen molar-refractivity contribution in [1.82, 2.24) is 5.16 Å². The number of carbonyl (C=O) groups is 2. The molecule has 40 heavy (non-hydrogen) atoms. The molecule has 3 aliphatic rings. The SMILES string of the molecule is COC(=O)c1ccc(N2C(=O)C3(CC3)c3cc(OCc4c(-c5c(Cl)cccc5Cl)noc4C4CC4)ccc32)cc1. The highest BCUT2D eigenvalue weighted by Crippen LogP contribution is 2.59. The van der Waals surface area contributed by atoms with Crippen molar-refractivity contribution in [1.29, 1.82) is 0 Å². The van der Waals surface area contributed by atoms with Gasteiger partial charge >= 0.3 is 5.97 Å². The normalized spacial score (nSPS) is 16.8. The summed E-state index contributed by atoms with van der Waals surface area (Å²) in [6.07, 6.45) is 3.65. The minimum Gasteiger partial charge on any atom is -0.489 e. The molecule has 2 saturated carbocycles. The van der Waals surface area contributed by atoms with E-state index >= 15 is 0 Å². The summed E-state index contributed by atoms with van der Waals surface area (Å²) in [6.45, 7) is 0.227. The van der Waals surface area contributed by atoms with Crippen LogP contribution in [0.2, 0.25) is 10.0 Å². The number of rotatable bonds is 7. The molecule has 202 valence electrons. The van der Waals surface area contributed by atoms with E-state index in [1.54, 1.807) is 47.4 Å². The van der Waals surface area contributed by atoms with E-state index in [2.05, 4.69) is 5.16 Å². The van der Waals surface area contributed by atoms with E-state index in [0.717, 1.165) is 48.3 Å². The molecule has 0 saturated heterocycles. The topological polar surface area (TPSA) is 81.9 Å². The minimum atomic E-state index is -0.539. The average Bonchev–Trinajstić information content (AvgIpc) is 3.89. The summed E-state index contributed by atoms with van der Waals surface area (Å²) in [6, 6.07) is 18.0. The van der Waals surface area contributed by atoms with Crippen molar-refractivity contribution in [2.24, 2.45) is 0 Å². The molecule has 1 aromatic heterocycles. The molecule has 9 heteroatoms. The molecule has 2 fully saturated rings. The fraction of sp³-hybridized carbons (Fsp3) is 0.258. The Labute approximate surface area is 240 Å². The predicted molar refractivity (Wildman–Crippen MR) is 151 cm³/mol. The number of anilines is 2. The fourth-order valence-electron chi connectivity index (χ4n) is 5.55. The second-order valence-electron chi connectivity index (χ2n) is 10.5.